The summed E-state index contributed by atoms with van der Waals surface area (Å²) >= 11 is 0. The van der Waals surface area contributed by atoms with E-state index < -0.39 is 6.10 Å². The number of hydrogen-bond acceptors (Lipinski definition) is 5. The summed E-state index contributed by atoms with van der Waals surface area (Å²) in [5.74, 6) is 0.256. The van der Waals surface area contributed by atoms with Gasteiger partial charge in [-0.05, 0) is 43.2 Å². The smallest absolute Gasteiger partial charge is 0.340 e. The Labute approximate surface area is 206 Å². The first-order chi connectivity index (χ1) is 17.1. The molecule has 0 saturated heterocycles. The molecule has 1 heterocycles. The molecule has 0 spiro atoms. The summed E-state index contributed by atoms with van der Waals surface area (Å²) in [7, 11) is 0. The van der Waals surface area contributed by atoms with Gasteiger partial charge in [0.15, 0.2) is 0 Å². The van der Waals surface area contributed by atoms with Crippen LogP contribution in [0.1, 0.15) is 34.1 Å². The zero-order chi connectivity index (χ0) is 24.6. The lowest BCUT2D eigenvalue weighted by atomic mass is 10.1. The van der Waals surface area contributed by atoms with Gasteiger partial charge in [0.05, 0.1) is 12.2 Å². The van der Waals surface area contributed by atoms with Crippen LogP contribution in [0.25, 0.3) is 10.9 Å². The van der Waals surface area contributed by atoms with Crippen molar-refractivity contribution in [2.45, 2.75) is 33.0 Å². The van der Waals surface area contributed by atoms with Crippen LogP contribution in [0.4, 0.5) is 0 Å². The average molecular weight is 473 g/mol. The zero-order valence-corrected chi connectivity index (χ0v) is 20.2. The number of benzene rings is 3. The number of nitrogens with one attached hydrogen (secondary N) is 1. The molecule has 0 amide bonds. The molecule has 6 heteroatoms. The van der Waals surface area contributed by atoms with E-state index in [1.165, 1.54) is 0 Å². The number of rotatable bonds is 11. The lowest BCUT2D eigenvalue weighted by Gasteiger charge is -2.14. The Balaban J connectivity index is 1.49. The van der Waals surface area contributed by atoms with Gasteiger partial charge in [-0.15, -0.1) is 0 Å². The van der Waals surface area contributed by atoms with Gasteiger partial charge >= 0.3 is 5.97 Å². The van der Waals surface area contributed by atoms with E-state index in [1.54, 1.807) is 6.92 Å². The van der Waals surface area contributed by atoms with Crippen molar-refractivity contribution in [3.63, 3.8) is 0 Å². The van der Waals surface area contributed by atoms with Gasteiger partial charge < -0.3 is 24.5 Å². The highest BCUT2D eigenvalue weighted by molar-refractivity contribution is 6.06. The quantitative estimate of drug-likeness (QED) is 0.310. The number of aromatic nitrogens is 1. The summed E-state index contributed by atoms with van der Waals surface area (Å²) in [6, 6.07) is 25.9. The Hall–Kier alpha value is -3.61. The first-order valence-corrected chi connectivity index (χ1v) is 12.0. The van der Waals surface area contributed by atoms with E-state index >= 15 is 0 Å². The van der Waals surface area contributed by atoms with Gasteiger partial charge in [-0.25, -0.2) is 4.79 Å². The van der Waals surface area contributed by atoms with Gasteiger partial charge in [-0.3, -0.25) is 0 Å². The number of ether oxygens (including phenoxy) is 2. The molecule has 0 fully saturated rings. The molecular weight excluding hydrogens is 440 g/mol. The molecule has 0 aliphatic heterocycles. The van der Waals surface area contributed by atoms with Crippen LogP contribution in [-0.4, -0.2) is 41.5 Å². The van der Waals surface area contributed by atoms with Crippen LogP contribution in [0, 0.1) is 6.92 Å². The Morgan fingerprint density at radius 2 is 1.69 bits per heavy atom. The van der Waals surface area contributed by atoms with E-state index in [9.17, 15) is 9.90 Å². The normalized spacial score (nSPS) is 12.0. The van der Waals surface area contributed by atoms with Crippen LogP contribution in [0.2, 0.25) is 0 Å². The van der Waals surface area contributed by atoms with E-state index in [1.807, 2.05) is 73.7 Å². The average Bonchev–Trinajstić information content (AvgIpc) is 3.14. The summed E-state index contributed by atoms with van der Waals surface area (Å²) in [5, 5.41) is 14.4. The van der Waals surface area contributed by atoms with Crippen LogP contribution in [0.15, 0.2) is 78.9 Å². The highest BCUT2D eigenvalue weighted by atomic mass is 16.5. The molecule has 1 unspecified atom stereocenters. The molecule has 4 aromatic rings. The molecule has 0 bridgehead atoms. The van der Waals surface area contributed by atoms with Gasteiger partial charge in [-0.1, -0.05) is 60.7 Å². The van der Waals surface area contributed by atoms with Crippen LogP contribution in [0.5, 0.6) is 5.75 Å². The molecule has 2 N–H and O–H groups in total. The minimum absolute atomic E-state index is 0.145. The summed E-state index contributed by atoms with van der Waals surface area (Å²) in [4.78, 5) is 12.8. The third kappa shape index (κ3) is 6.10. The second-order valence-corrected chi connectivity index (χ2v) is 8.51. The number of carbonyl (C=O) groups excluding carboxylic acids is 1. The Morgan fingerprint density at radius 3 is 2.37 bits per heavy atom. The molecule has 6 nitrogen and oxygen atoms in total. The third-order valence-corrected chi connectivity index (χ3v) is 5.95. The molecule has 1 atom stereocenters. The Bertz CT molecular complexity index is 1250. The van der Waals surface area contributed by atoms with Crippen molar-refractivity contribution in [2.24, 2.45) is 0 Å². The van der Waals surface area contributed by atoms with Crippen molar-refractivity contribution < 1.29 is 19.4 Å². The van der Waals surface area contributed by atoms with Gasteiger partial charge in [-0.2, -0.15) is 0 Å². The number of hydrogen-bond donors (Lipinski definition) is 2. The molecule has 4 rings (SSSR count). The first kappa shape index (κ1) is 24.5. The minimum atomic E-state index is -0.664. The summed E-state index contributed by atoms with van der Waals surface area (Å²) < 4.78 is 13.4. The SMILES string of the molecule is CCOC(=O)c1c(C)n(Cc2ccccc2)c2ccc(OCC(O)CNCc3ccccc3)cc12. The van der Waals surface area contributed by atoms with Crippen molar-refractivity contribution in [1.82, 2.24) is 9.88 Å². The van der Waals surface area contributed by atoms with Crippen molar-refractivity contribution in [2.75, 3.05) is 19.8 Å². The highest BCUT2D eigenvalue weighted by Gasteiger charge is 2.22. The minimum Gasteiger partial charge on any atom is -0.491 e. The Morgan fingerprint density at radius 1 is 1.00 bits per heavy atom. The molecule has 0 aliphatic rings. The van der Waals surface area contributed by atoms with E-state index in [0.717, 1.165) is 27.7 Å². The van der Waals surface area contributed by atoms with E-state index in [4.69, 9.17) is 9.47 Å². The monoisotopic (exact) mass is 472 g/mol. The molecule has 0 radical (unpaired) electrons. The van der Waals surface area contributed by atoms with E-state index in [2.05, 4.69) is 22.0 Å². The summed E-state index contributed by atoms with van der Waals surface area (Å²) in [5.41, 5.74) is 4.65. The van der Waals surface area contributed by atoms with Crippen LogP contribution < -0.4 is 10.1 Å². The van der Waals surface area contributed by atoms with Crippen LogP contribution in [0.3, 0.4) is 0 Å². The van der Waals surface area contributed by atoms with Crippen molar-refractivity contribution in [1.29, 1.82) is 0 Å². The van der Waals surface area contributed by atoms with Gasteiger partial charge in [0.25, 0.3) is 0 Å². The fraction of sp³-hybridized carbons (Fsp3) is 0.276. The largest absolute Gasteiger partial charge is 0.491 e. The third-order valence-electron chi connectivity index (χ3n) is 5.95. The number of nitrogens with zero attached hydrogens (tertiary/aromatic N) is 1. The predicted molar refractivity (Wildman–Crippen MR) is 138 cm³/mol. The fourth-order valence-electron chi connectivity index (χ4n) is 4.21. The fourth-order valence-corrected chi connectivity index (χ4v) is 4.21. The van der Waals surface area contributed by atoms with Gasteiger partial charge in [0.2, 0.25) is 0 Å². The standard InChI is InChI=1S/C29H32N2O4/c1-3-34-29(33)28-21(2)31(19-23-12-8-5-9-13-23)27-15-14-25(16-26(27)28)35-20-24(32)18-30-17-22-10-6-4-7-11-22/h4-16,24,30,32H,3,17-20H2,1-2H3. The second-order valence-electron chi connectivity index (χ2n) is 8.51. The maximum atomic E-state index is 12.8. The second kappa shape index (κ2) is 11.7. The van der Waals surface area contributed by atoms with Crippen LogP contribution >= 0.6 is 0 Å². The van der Waals surface area contributed by atoms with Crippen LogP contribution in [-0.2, 0) is 17.8 Å². The van der Waals surface area contributed by atoms with Gasteiger partial charge in [0.1, 0.15) is 18.5 Å². The highest BCUT2D eigenvalue weighted by Crippen LogP contribution is 2.31. The maximum Gasteiger partial charge on any atom is 0.340 e. The lowest BCUT2D eigenvalue weighted by Crippen LogP contribution is -2.31. The molecule has 3 aromatic carbocycles. The molecule has 0 aliphatic carbocycles. The molecule has 0 saturated carbocycles. The van der Waals surface area contributed by atoms with Crippen molar-refractivity contribution >= 4 is 16.9 Å². The lowest BCUT2D eigenvalue weighted by molar-refractivity contribution is 0.0527. The Kier molecular flexibility index (Phi) is 8.19. The van der Waals surface area contributed by atoms with Crippen molar-refractivity contribution in [3.8, 4) is 5.75 Å². The zero-order valence-electron chi connectivity index (χ0n) is 20.2. The number of aliphatic hydroxyl groups excluding tert-OH is 1. The first-order valence-electron chi connectivity index (χ1n) is 12.0. The summed E-state index contributed by atoms with van der Waals surface area (Å²) in [6.07, 6.45) is -0.664. The molecule has 1 aromatic heterocycles. The predicted octanol–water partition coefficient (Wildman–Crippen LogP) is 4.70. The van der Waals surface area contributed by atoms with E-state index in [-0.39, 0.29) is 12.6 Å². The molecule has 182 valence electrons. The van der Waals surface area contributed by atoms with E-state index in [0.29, 0.717) is 37.6 Å². The molecule has 35 heavy (non-hydrogen) atoms. The summed E-state index contributed by atoms with van der Waals surface area (Å²) in [6.45, 7) is 5.94. The van der Waals surface area contributed by atoms with Gasteiger partial charge in [0, 0.05) is 36.2 Å². The number of aliphatic hydroxyl groups is 1. The topological polar surface area (TPSA) is 72.7 Å². The maximum absolute atomic E-state index is 12.8. The number of esters is 1. The number of carbonyl (C=O) groups is 1. The number of fused-ring (bicyclic) bond motifs is 1. The molecular formula is C29H32N2O4. The van der Waals surface area contributed by atoms with Crippen molar-refractivity contribution in [3.05, 3.63) is 101 Å².